The number of fused-ring (bicyclic) bond motifs is 1. The lowest BCUT2D eigenvalue weighted by Gasteiger charge is -2.36. The summed E-state index contributed by atoms with van der Waals surface area (Å²) in [7, 11) is 0. The summed E-state index contributed by atoms with van der Waals surface area (Å²) < 4.78 is 8.00. The standard InChI is InChI=1S/C26H25N5O4/c1-19-6-5-11-30-17-20(27-25(19)30)18-35-24-10-3-2-9-23(24)26(32)29-14-12-28(13-15-29)21-7-4-8-22(16-21)31(33)34/h2-11,16-17H,12-15,18H2,1H3. The van der Waals surface area contributed by atoms with Gasteiger partial charge >= 0.3 is 0 Å². The number of hydrogen-bond donors (Lipinski definition) is 0. The van der Waals surface area contributed by atoms with Gasteiger partial charge in [0.1, 0.15) is 18.0 Å². The van der Waals surface area contributed by atoms with Crippen LogP contribution in [0.25, 0.3) is 5.65 Å². The molecule has 2 aromatic carbocycles. The van der Waals surface area contributed by atoms with Crippen LogP contribution in [-0.4, -0.2) is 51.3 Å². The second kappa shape index (κ2) is 9.46. The molecule has 0 aliphatic carbocycles. The number of piperazine rings is 1. The minimum Gasteiger partial charge on any atom is -0.486 e. The summed E-state index contributed by atoms with van der Waals surface area (Å²) in [6.45, 7) is 4.49. The predicted molar refractivity (Wildman–Crippen MR) is 132 cm³/mol. The first kappa shape index (κ1) is 22.4. The first-order valence-electron chi connectivity index (χ1n) is 11.4. The number of hydrogen-bond acceptors (Lipinski definition) is 6. The molecule has 3 heterocycles. The van der Waals surface area contributed by atoms with Crippen molar-refractivity contribution in [2.45, 2.75) is 13.5 Å². The zero-order chi connectivity index (χ0) is 24.4. The van der Waals surface area contributed by atoms with Crippen LogP contribution in [0.15, 0.2) is 73.1 Å². The van der Waals surface area contributed by atoms with Crippen molar-refractivity contribution in [3.05, 3.63) is 100.0 Å². The largest absolute Gasteiger partial charge is 0.486 e. The zero-order valence-corrected chi connectivity index (χ0v) is 19.3. The van der Waals surface area contributed by atoms with E-state index in [1.165, 1.54) is 6.07 Å². The fourth-order valence-electron chi connectivity index (χ4n) is 4.34. The summed E-state index contributed by atoms with van der Waals surface area (Å²) in [4.78, 5) is 32.5. The average molecular weight is 472 g/mol. The van der Waals surface area contributed by atoms with Crippen LogP contribution in [0.3, 0.4) is 0 Å². The highest BCUT2D eigenvalue weighted by Crippen LogP contribution is 2.25. The number of para-hydroxylation sites is 1. The van der Waals surface area contributed by atoms with Crippen LogP contribution in [0.4, 0.5) is 11.4 Å². The number of pyridine rings is 1. The third-order valence-corrected chi connectivity index (χ3v) is 6.19. The topological polar surface area (TPSA) is 93.2 Å². The van der Waals surface area contributed by atoms with E-state index in [0.717, 1.165) is 22.6 Å². The van der Waals surface area contributed by atoms with Crippen LogP contribution in [-0.2, 0) is 6.61 Å². The van der Waals surface area contributed by atoms with Crippen LogP contribution in [0.1, 0.15) is 21.6 Å². The molecule has 9 nitrogen and oxygen atoms in total. The number of non-ortho nitro benzene ring substituents is 1. The number of aromatic nitrogens is 2. The van der Waals surface area contributed by atoms with E-state index in [-0.39, 0.29) is 18.2 Å². The fraction of sp³-hybridized carbons (Fsp3) is 0.231. The van der Waals surface area contributed by atoms with Gasteiger partial charge in [-0.05, 0) is 36.8 Å². The van der Waals surface area contributed by atoms with E-state index in [1.807, 2.05) is 54.0 Å². The number of aryl methyl sites for hydroxylation is 1. The molecular formula is C26H25N5O4. The molecule has 2 aromatic heterocycles. The molecule has 4 aromatic rings. The molecule has 1 fully saturated rings. The smallest absolute Gasteiger partial charge is 0.271 e. The second-order valence-corrected chi connectivity index (χ2v) is 8.50. The normalized spacial score (nSPS) is 13.7. The van der Waals surface area contributed by atoms with E-state index in [1.54, 1.807) is 29.2 Å². The number of nitro benzene ring substituents is 1. The summed E-state index contributed by atoms with van der Waals surface area (Å²) in [5.41, 5.74) is 4.12. The number of benzene rings is 2. The van der Waals surface area contributed by atoms with Gasteiger partial charge in [0, 0.05) is 56.4 Å². The van der Waals surface area contributed by atoms with Crippen molar-refractivity contribution in [3.8, 4) is 5.75 Å². The molecule has 0 spiro atoms. The molecule has 1 aliphatic heterocycles. The minimum absolute atomic E-state index is 0.0628. The third-order valence-electron chi connectivity index (χ3n) is 6.19. The number of carbonyl (C=O) groups is 1. The Balaban J connectivity index is 1.25. The number of anilines is 1. The van der Waals surface area contributed by atoms with E-state index in [4.69, 9.17) is 4.74 Å². The van der Waals surface area contributed by atoms with Gasteiger partial charge in [0.15, 0.2) is 0 Å². The van der Waals surface area contributed by atoms with Crippen molar-refractivity contribution in [2.75, 3.05) is 31.1 Å². The molecule has 1 aliphatic rings. The molecule has 0 radical (unpaired) electrons. The van der Waals surface area contributed by atoms with Gasteiger partial charge in [-0.2, -0.15) is 0 Å². The number of carbonyl (C=O) groups excluding carboxylic acids is 1. The first-order valence-corrected chi connectivity index (χ1v) is 11.4. The second-order valence-electron chi connectivity index (χ2n) is 8.50. The number of amides is 1. The average Bonchev–Trinajstić information content (AvgIpc) is 3.32. The lowest BCUT2D eigenvalue weighted by atomic mass is 10.1. The summed E-state index contributed by atoms with van der Waals surface area (Å²) >= 11 is 0. The lowest BCUT2D eigenvalue weighted by Crippen LogP contribution is -2.48. The highest BCUT2D eigenvalue weighted by molar-refractivity contribution is 5.97. The lowest BCUT2D eigenvalue weighted by molar-refractivity contribution is -0.384. The Kier molecular flexibility index (Phi) is 6.05. The molecule has 1 amide bonds. The Labute approximate surface area is 202 Å². The molecule has 0 unspecified atom stereocenters. The maximum absolute atomic E-state index is 13.3. The van der Waals surface area contributed by atoms with Gasteiger partial charge in [-0.3, -0.25) is 14.9 Å². The van der Waals surface area contributed by atoms with E-state index in [0.29, 0.717) is 37.5 Å². The Morgan fingerprint density at radius 3 is 2.63 bits per heavy atom. The van der Waals surface area contributed by atoms with Crippen molar-refractivity contribution < 1.29 is 14.5 Å². The number of ether oxygens (including phenoxy) is 1. The van der Waals surface area contributed by atoms with Gasteiger partial charge in [0.25, 0.3) is 11.6 Å². The zero-order valence-electron chi connectivity index (χ0n) is 19.3. The molecule has 9 heteroatoms. The van der Waals surface area contributed by atoms with Gasteiger partial charge in [-0.15, -0.1) is 0 Å². The molecular weight excluding hydrogens is 446 g/mol. The first-order chi connectivity index (χ1) is 17.0. The molecule has 0 N–H and O–H groups in total. The Morgan fingerprint density at radius 1 is 1.06 bits per heavy atom. The van der Waals surface area contributed by atoms with Crippen LogP contribution >= 0.6 is 0 Å². The van der Waals surface area contributed by atoms with Crippen LogP contribution in [0, 0.1) is 17.0 Å². The van der Waals surface area contributed by atoms with Crippen LogP contribution in [0.2, 0.25) is 0 Å². The summed E-state index contributed by atoms with van der Waals surface area (Å²) in [5.74, 6) is 0.428. The van der Waals surface area contributed by atoms with Gasteiger partial charge < -0.3 is 18.9 Å². The highest BCUT2D eigenvalue weighted by atomic mass is 16.6. The van der Waals surface area contributed by atoms with E-state index < -0.39 is 4.92 Å². The van der Waals surface area contributed by atoms with Gasteiger partial charge in [-0.1, -0.05) is 24.3 Å². The number of nitro groups is 1. The predicted octanol–water partition coefficient (Wildman–Crippen LogP) is 4.09. The maximum atomic E-state index is 13.3. The molecule has 178 valence electrons. The minimum atomic E-state index is -0.395. The van der Waals surface area contributed by atoms with E-state index >= 15 is 0 Å². The fourth-order valence-corrected chi connectivity index (χ4v) is 4.34. The number of imidazole rings is 1. The van der Waals surface area contributed by atoms with E-state index in [9.17, 15) is 14.9 Å². The Hall–Kier alpha value is -4.40. The highest BCUT2D eigenvalue weighted by Gasteiger charge is 2.25. The molecule has 35 heavy (non-hydrogen) atoms. The van der Waals surface area contributed by atoms with Crippen molar-refractivity contribution in [1.29, 1.82) is 0 Å². The summed E-state index contributed by atoms with van der Waals surface area (Å²) in [6.07, 6.45) is 3.88. The van der Waals surface area contributed by atoms with Gasteiger partial charge in [-0.25, -0.2) is 4.98 Å². The molecule has 0 bridgehead atoms. The van der Waals surface area contributed by atoms with Crippen molar-refractivity contribution >= 4 is 22.9 Å². The Morgan fingerprint density at radius 2 is 1.86 bits per heavy atom. The molecule has 0 saturated carbocycles. The molecule has 5 rings (SSSR count). The van der Waals surface area contributed by atoms with E-state index in [2.05, 4.69) is 9.88 Å². The molecule has 0 atom stereocenters. The summed E-state index contributed by atoms with van der Waals surface area (Å²) in [5, 5.41) is 11.1. The maximum Gasteiger partial charge on any atom is 0.271 e. The van der Waals surface area contributed by atoms with Gasteiger partial charge in [0.05, 0.1) is 16.2 Å². The van der Waals surface area contributed by atoms with Crippen molar-refractivity contribution in [3.63, 3.8) is 0 Å². The number of rotatable bonds is 6. The van der Waals surface area contributed by atoms with Crippen molar-refractivity contribution in [2.24, 2.45) is 0 Å². The van der Waals surface area contributed by atoms with Crippen LogP contribution in [0.5, 0.6) is 5.75 Å². The number of nitrogens with zero attached hydrogens (tertiary/aromatic N) is 5. The summed E-state index contributed by atoms with van der Waals surface area (Å²) in [6, 6.07) is 17.8. The third kappa shape index (κ3) is 4.65. The Bertz CT molecular complexity index is 1390. The van der Waals surface area contributed by atoms with Gasteiger partial charge in [0.2, 0.25) is 0 Å². The monoisotopic (exact) mass is 471 g/mol. The quantitative estimate of drug-likeness (QED) is 0.311. The van der Waals surface area contributed by atoms with Crippen molar-refractivity contribution in [1.82, 2.24) is 14.3 Å². The molecule has 1 saturated heterocycles. The SMILES string of the molecule is Cc1cccn2cc(COc3ccccc3C(=O)N3CCN(c4cccc([N+](=O)[O-])c4)CC3)nc12. The van der Waals surface area contributed by atoms with Crippen LogP contribution < -0.4 is 9.64 Å².